The molecule has 0 N–H and O–H groups in total. The molecule has 6 nitrogen and oxygen atoms in total. The summed E-state index contributed by atoms with van der Waals surface area (Å²) in [5, 5.41) is 4.42. The fourth-order valence-electron chi connectivity index (χ4n) is 2.97. The standard InChI is InChI=1S/C20H17N3O3/c24-19-12-11-18(15-7-3-1-4-8-15)21-23(19)14-17-13-22(20(25)26-17)16-9-5-2-6-10-16/h1-12,17H,13-14H2. The fraction of sp³-hybridized carbons (Fsp3) is 0.150. The predicted molar refractivity (Wildman–Crippen MR) is 98.0 cm³/mol. The van der Waals surface area contributed by atoms with E-state index in [0.29, 0.717) is 12.2 Å². The van der Waals surface area contributed by atoms with E-state index in [1.807, 2.05) is 60.7 Å². The third-order valence-electron chi connectivity index (χ3n) is 4.25. The lowest BCUT2D eigenvalue weighted by molar-refractivity contribution is 0.128. The summed E-state index contributed by atoms with van der Waals surface area (Å²) in [6.45, 7) is 0.598. The lowest BCUT2D eigenvalue weighted by Gasteiger charge is -2.13. The van der Waals surface area contributed by atoms with Crippen LogP contribution >= 0.6 is 0 Å². The van der Waals surface area contributed by atoms with Gasteiger partial charge in [-0.05, 0) is 18.2 Å². The van der Waals surface area contributed by atoms with Gasteiger partial charge < -0.3 is 4.74 Å². The smallest absolute Gasteiger partial charge is 0.414 e. The number of ether oxygens (including phenoxy) is 1. The Morgan fingerprint density at radius 2 is 1.62 bits per heavy atom. The summed E-state index contributed by atoms with van der Waals surface area (Å²) < 4.78 is 6.78. The van der Waals surface area contributed by atoms with Gasteiger partial charge in [-0.1, -0.05) is 48.5 Å². The maximum Gasteiger partial charge on any atom is 0.414 e. The molecule has 0 saturated carbocycles. The first kappa shape index (κ1) is 16.1. The quantitative estimate of drug-likeness (QED) is 0.728. The van der Waals surface area contributed by atoms with Gasteiger partial charge in [0.05, 0.1) is 18.8 Å². The zero-order valence-corrected chi connectivity index (χ0v) is 14.0. The highest BCUT2D eigenvalue weighted by Crippen LogP contribution is 2.22. The van der Waals surface area contributed by atoms with Gasteiger partial charge in [-0.15, -0.1) is 0 Å². The summed E-state index contributed by atoms with van der Waals surface area (Å²) in [7, 11) is 0. The zero-order valence-electron chi connectivity index (χ0n) is 14.0. The van der Waals surface area contributed by atoms with Gasteiger partial charge in [-0.25, -0.2) is 9.48 Å². The highest BCUT2D eigenvalue weighted by molar-refractivity contribution is 5.89. The largest absolute Gasteiger partial charge is 0.442 e. The van der Waals surface area contributed by atoms with Crippen LogP contribution in [-0.2, 0) is 11.3 Å². The molecule has 1 aliphatic heterocycles. The van der Waals surface area contributed by atoms with Crippen LogP contribution in [0.3, 0.4) is 0 Å². The van der Waals surface area contributed by atoms with E-state index in [0.717, 1.165) is 11.3 Å². The molecule has 130 valence electrons. The van der Waals surface area contributed by atoms with Crippen molar-refractivity contribution in [2.24, 2.45) is 0 Å². The molecule has 3 aromatic rings. The van der Waals surface area contributed by atoms with Crippen molar-refractivity contribution in [1.82, 2.24) is 9.78 Å². The second-order valence-electron chi connectivity index (χ2n) is 6.06. The Morgan fingerprint density at radius 1 is 0.923 bits per heavy atom. The van der Waals surface area contributed by atoms with Crippen molar-refractivity contribution in [3.8, 4) is 11.3 Å². The van der Waals surface area contributed by atoms with Gasteiger partial charge in [0.25, 0.3) is 5.56 Å². The molecule has 6 heteroatoms. The molecular weight excluding hydrogens is 330 g/mol. The van der Waals surface area contributed by atoms with Crippen LogP contribution in [0.15, 0.2) is 77.6 Å². The number of anilines is 1. The molecule has 1 unspecified atom stereocenters. The lowest BCUT2D eigenvalue weighted by atomic mass is 10.1. The minimum Gasteiger partial charge on any atom is -0.442 e. The van der Waals surface area contributed by atoms with Crippen LogP contribution in [0.25, 0.3) is 11.3 Å². The maximum atomic E-state index is 12.2. The molecule has 1 fully saturated rings. The van der Waals surface area contributed by atoms with E-state index >= 15 is 0 Å². The van der Waals surface area contributed by atoms with E-state index in [9.17, 15) is 9.59 Å². The number of amides is 1. The molecule has 1 aromatic heterocycles. The fourth-order valence-corrected chi connectivity index (χ4v) is 2.97. The number of carbonyl (C=O) groups is 1. The molecule has 1 aliphatic rings. The monoisotopic (exact) mass is 347 g/mol. The van der Waals surface area contributed by atoms with Crippen molar-refractivity contribution in [2.45, 2.75) is 12.6 Å². The summed E-state index contributed by atoms with van der Waals surface area (Å²) in [4.78, 5) is 25.9. The molecule has 1 amide bonds. The number of rotatable bonds is 4. The Balaban J connectivity index is 1.55. The number of nitrogens with zero attached hydrogens (tertiary/aromatic N) is 3. The highest BCUT2D eigenvalue weighted by Gasteiger charge is 2.32. The Kier molecular flexibility index (Phi) is 4.23. The number of para-hydroxylation sites is 1. The summed E-state index contributed by atoms with van der Waals surface area (Å²) in [5.74, 6) is 0. The first-order valence-corrected chi connectivity index (χ1v) is 8.37. The van der Waals surface area contributed by atoms with Gasteiger partial charge in [0, 0.05) is 17.3 Å². The number of hydrogen-bond donors (Lipinski definition) is 0. The van der Waals surface area contributed by atoms with Crippen LogP contribution in [0.2, 0.25) is 0 Å². The topological polar surface area (TPSA) is 64.4 Å². The Hall–Kier alpha value is -3.41. The number of benzene rings is 2. The SMILES string of the molecule is O=C1OC(Cn2nc(-c3ccccc3)ccc2=O)CN1c1ccccc1. The molecule has 2 heterocycles. The van der Waals surface area contributed by atoms with E-state index in [2.05, 4.69) is 5.10 Å². The average molecular weight is 347 g/mol. The Morgan fingerprint density at radius 3 is 2.35 bits per heavy atom. The molecule has 0 bridgehead atoms. The second-order valence-corrected chi connectivity index (χ2v) is 6.06. The number of carbonyl (C=O) groups excluding carboxylic acids is 1. The highest BCUT2D eigenvalue weighted by atomic mass is 16.6. The van der Waals surface area contributed by atoms with Crippen LogP contribution in [0.4, 0.5) is 10.5 Å². The molecular formula is C20H17N3O3. The maximum absolute atomic E-state index is 12.2. The van der Waals surface area contributed by atoms with Crippen LogP contribution in [-0.4, -0.2) is 28.5 Å². The number of hydrogen-bond acceptors (Lipinski definition) is 4. The van der Waals surface area contributed by atoms with Crippen molar-refractivity contribution < 1.29 is 9.53 Å². The van der Waals surface area contributed by atoms with Gasteiger partial charge >= 0.3 is 6.09 Å². The van der Waals surface area contributed by atoms with E-state index in [1.54, 1.807) is 11.0 Å². The van der Waals surface area contributed by atoms with Crippen LogP contribution in [0, 0.1) is 0 Å². The lowest BCUT2D eigenvalue weighted by Crippen LogP contribution is -2.31. The molecule has 26 heavy (non-hydrogen) atoms. The first-order chi connectivity index (χ1) is 12.7. The van der Waals surface area contributed by atoms with Crippen molar-refractivity contribution >= 4 is 11.8 Å². The number of aromatic nitrogens is 2. The summed E-state index contributed by atoms with van der Waals surface area (Å²) in [5.41, 5.74) is 2.18. The molecule has 0 aliphatic carbocycles. The Bertz CT molecular complexity index is 970. The molecule has 4 rings (SSSR count). The summed E-state index contributed by atoms with van der Waals surface area (Å²) >= 11 is 0. The summed E-state index contributed by atoms with van der Waals surface area (Å²) in [6.07, 6.45) is -0.840. The molecule has 1 atom stereocenters. The van der Waals surface area contributed by atoms with Crippen LogP contribution < -0.4 is 10.5 Å². The minimum absolute atomic E-state index is 0.217. The van der Waals surface area contributed by atoms with Gasteiger partial charge in [0.15, 0.2) is 0 Å². The Labute approximate surface area is 150 Å². The van der Waals surface area contributed by atoms with Crippen molar-refractivity contribution in [3.63, 3.8) is 0 Å². The van der Waals surface area contributed by atoms with Gasteiger partial charge in [0.2, 0.25) is 0 Å². The van der Waals surface area contributed by atoms with E-state index in [-0.39, 0.29) is 12.1 Å². The molecule has 1 saturated heterocycles. The second kappa shape index (κ2) is 6.84. The summed E-state index contributed by atoms with van der Waals surface area (Å²) in [6, 6.07) is 22.1. The number of cyclic esters (lactones) is 1. The van der Waals surface area contributed by atoms with Gasteiger partial charge in [-0.3, -0.25) is 9.69 Å². The van der Waals surface area contributed by atoms with E-state index < -0.39 is 12.2 Å². The molecule has 2 aromatic carbocycles. The predicted octanol–water partition coefficient (Wildman–Crippen LogP) is 2.94. The zero-order chi connectivity index (χ0) is 17.9. The normalized spacial score (nSPS) is 16.5. The molecule has 0 spiro atoms. The van der Waals surface area contributed by atoms with Crippen molar-refractivity contribution in [3.05, 3.63) is 83.2 Å². The first-order valence-electron chi connectivity index (χ1n) is 8.37. The van der Waals surface area contributed by atoms with Crippen LogP contribution in [0.1, 0.15) is 0 Å². The van der Waals surface area contributed by atoms with Gasteiger partial charge in [-0.2, -0.15) is 5.10 Å². The van der Waals surface area contributed by atoms with Crippen molar-refractivity contribution in [2.75, 3.05) is 11.4 Å². The van der Waals surface area contributed by atoms with E-state index in [4.69, 9.17) is 4.74 Å². The van der Waals surface area contributed by atoms with Crippen molar-refractivity contribution in [1.29, 1.82) is 0 Å². The van der Waals surface area contributed by atoms with Crippen LogP contribution in [0.5, 0.6) is 0 Å². The third kappa shape index (κ3) is 3.21. The molecule has 0 radical (unpaired) electrons. The van der Waals surface area contributed by atoms with Gasteiger partial charge in [0.1, 0.15) is 6.10 Å². The third-order valence-corrected chi connectivity index (χ3v) is 4.25. The van der Waals surface area contributed by atoms with E-state index in [1.165, 1.54) is 10.7 Å². The minimum atomic E-state index is -0.432. The average Bonchev–Trinajstić information content (AvgIpc) is 3.05.